The van der Waals surface area contributed by atoms with Crippen LogP contribution in [0.3, 0.4) is 0 Å². The van der Waals surface area contributed by atoms with Gasteiger partial charge in [-0.1, -0.05) is 18.2 Å². The molecule has 0 saturated heterocycles. The quantitative estimate of drug-likeness (QED) is 0.520. The number of para-hydroxylation sites is 1. The van der Waals surface area contributed by atoms with Crippen molar-refractivity contribution < 1.29 is 22.7 Å². The van der Waals surface area contributed by atoms with E-state index in [0.717, 1.165) is 0 Å². The highest BCUT2D eigenvalue weighted by molar-refractivity contribution is 8.05. The summed E-state index contributed by atoms with van der Waals surface area (Å²) in [5, 5.41) is 0. The molecule has 0 aliphatic rings. The first-order valence-electron chi connectivity index (χ1n) is 5.76. The van der Waals surface area contributed by atoms with Crippen LogP contribution in [0.5, 0.6) is 17.2 Å². The molecule has 0 aromatic heterocycles. The molecule has 2 aromatic rings. The van der Waals surface area contributed by atoms with Crippen molar-refractivity contribution in [1.29, 1.82) is 0 Å². The number of hydrogen-bond donors (Lipinski definition) is 0. The average molecular weight is 402 g/mol. The Morgan fingerprint density at radius 3 is 1.50 bits per heavy atom. The highest BCUT2D eigenvalue weighted by Crippen LogP contribution is 2.57. The van der Waals surface area contributed by atoms with Gasteiger partial charge >= 0.3 is 13.0 Å². The van der Waals surface area contributed by atoms with E-state index >= 15 is 0 Å². The topological polar surface area (TPSA) is 61.8 Å². The molecule has 2 aromatic carbocycles. The minimum Gasteiger partial charge on any atom is -0.422 e. The van der Waals surface area contributed by atoms with Gasteiger partial charge < -0.3 is 13.6 Å². The van der Waals surface area contributed by atoms with Gasteiger partial charge in [-0.25, -0.2) is 9.13 Å². The molecule has 0 saturated carbocycles. The summed E-state index contributed by atoms with van der Waals surface area (Å²) in [5.41, 5.74) is 0. The molecular weight excluding hydrogens is 392 g/mol. The van der Waals surface area contributed by atoms with E-state index in [0.29, 0.717) is 5.75 Å². The maximum atomic E-state index is 12.1. The van der Waals surface area contributed by atoms with E-state index in [1.165, 1.54) is 24.3 Å². The number of benzene rings is 2. The van der Waals surface area contributed by atoms with Crippen molar-refractivity contribution in [1.82, 2.24) is 0 Å². The summed E-state index contributed by atoms with van der Waals surface area (Å²) < 4.78 is 38.1. The number of rotatable bonds is 6. The first-order chi connectivity index (χ1) is 10.2. The van der Waals surface area contributed by atoms with Gasteiger partial charge in [0.2, 0.25) is 0 Å². The summed E-state index contributed by atoms with van der Waals surface area (Å²) >= 11 is 16.3. The van der Waals surface area contributed by atoms with Crippen LogP contribution in [0.15, 0.2) is 54.6 Å². The lowest BCUT2D eigenvalue weighted by Gasteiger charge is -2.14. The van der Waals surface area contributed by atoms with Crippen molar-refractivity contribution in [3.05, 3.63) is 54.6 Å². The van der Waals surface area contributed by atoms with E-state index in [9.17, 15) is 9.13 Å². The van der Waals surface area contributed by atoms with Crippen LogP contribution >= 0.6 is 46.7 Å². The van der Waals surface area contributed by atoms with Gasteiger partial charge in [-0.2, -0.15) is 0 Å². The summed E-state index contributed by atoms with van der Waals surface area (Å²) in [6.07, 6.45) is -3.69. The molecule has 0 heterocycles. The third kappa shape index (κ3) is 6.12. The van der Waals surface area contributed by atoms with Crippen LogP contribution in [0.25, 0.3) is 0 Å². The van der Waals surface area contributed by atoms with Gasteiger partial charge in [0, 0.05) is 33.7 Å². The van der Waals surface area contributed by atoms with Gasteiger partial charge in [-0.05, 0) is 36.4 Å². The molecule has 0 bridgehead atoms. The van der Waals surface area contributed by atoms with Crippen molar-refractivity contribution in [2.45, 2.75) is 0 Å². The Bertz CT molecular complexity index is 717. The Labute approximate surface area is 141 Å². The lowest BCUT2D eigenvalue weighted by atomic mass is 10.3. The summed E-state index contributed by atoms with van der Waals surface area (Å²) in [5.74, 6) is 0.640. The summed E-state index contributed by atoms with van der Waals surface area (Å²) in [6.45, 7) is -3.87. The van der Waals surface area contributed by atoms with Gasteiger partial charge in [0.25, 0.3) is 0 Å². The van der Waals surface area contributed by atoms with E-state index in [1.807, 2.05) is 0 Å². The van der Waals surface area contributed by atoms with Crippen LogP contribution in [0.2, 0.25) is 0 Å². The van der Waals surface area contributed by atoms with Crippen LogP contribution in [-0.2, 0) is 9.13 Å². The second kappa shape index (κ2) is 7.16. The molecule has 0 aliphatic heterocycles. The van der Waals surface area contributed by atoms with Crippen molar-refractivity contribution in [2.24, 2.45) is 0 Å². The zero-order chi connectivity index (χ0) is 16.2. The van der Waals surface area contributed by atoms with E-state index in [-0.39, 0.29) is 11.5 Å². The maximum Gasteiger partial charge on any atom is 0.530 e. The van der Waals surface area contributed by atoms with Gasteiger partial charge in [0.05, 0.1) is 0 Å². The van der Waals surface area contributed by atoms with Crippen LogP contribution in [0.4, 0.5) is 0 Å². The molecule has 0 spiro atoms. The van der Waals surface area contributed by atoms with Gasteiger partial charge in [-0.15, -0.1) is 0 Å². The largest absolute Gasteiger partial charge is 0.530 e. The Balaban J connectivity index is 2.03. The van der Waals surface area contributed by atoms with Crippen LogP contribution in [0, 0.1) is 0 Å². The predicted molar refractivity (Wildman–Crippen MR) is 87.5 cm³/mol. The van der Waals surface area contributed by atoms with Crippen molar-refractivity contribution in [3.8, 4) is 17.2 Å². The van der Waals surface area contributed by atoms with E-state index < -0.39 is 13.0 Å². The Morgan fingerprint density at radius 1 is 0.636 bits per heavy atom. The Kier molecular flexibility index (Phi) is 5.70. The van der Waals surface area contributed by atoms with Gasteiger partial charge in [-0.3, -0.25) is 0 Å². The monoisotopic (exact) mass is 400 g/mol. The van der Waals surface area contributed by atoms with Crippen LogP contribution in [-0.4, -0.2) is 0 Å². The van der Waals surface area contributed by atoms with Gasteiger partial charge in [0.1, 0.15) is 17.2 Å². The fraction of sp³-hybridized carbons (Fsp3) is 0. The summed E-state index contributed by atoms with van der Waals surface area (Å²) in [7, 11) is 0. The molecule has 22 heavy (non-hydrogen) atoms. The normalized spacial score (nSPS) is 14.0. The smallest absolute Gasteiger partial charge is 0.422 e. The van der Waals surface area contributed by atoms with E-state index in [1.54, 1.807) is 30.3 Å². The van der Waals surface area contributed by atoms with Gasteiger partial charge in [0.15, 0.2) is 0 Å². The molecule has 0 fully saturated rings. The highest BCUT2D eigenvalue weighted by atomic mass is 35.9. The lowest BCUT2D eigenvalue weighted by Crippen LogP contribution is -1.95. The number of halogens is 3. The Hall–Kier alpha value is -0.830. The molecule has 1 atom stereocenters. The minimum atomic E-state index is -3.87. The summed E-state index contributed by atoms with van der Waals surface area (Å²) in [4.78, 5) is 0. The molecule has 118 valence electrons. The SMILES string of the molecule is O=P(Cl)(Cl)Oc1ccc(OP(=O)(Cl)Oc2ccccc2)cc1. The molecule has 0 aliphatic carbocycles. The highest BCUT2D eigenvalue weighted by Gasteiger charge is 2.25. The van der Waals surface area contributed by atoms with E-state index in [2.05, 4.69) is 0 Å². The predicted octanol–water partition coefficient (Wildman–Crippen LogP) is 6.46. The second-order valence-electron chi connectivity index (χ2n) is 3.90. The third-order valence-corrected chi connectivity index (χ3v) is 4.32. The third-order valence-electron chi connectivity index (χ3n) is 2.21. The first kappa shape index (κ1) is 17.5. The molecule has 10 heteroatoms. The standard InChI is InChI=1S/C12H9Cl3O5P2/c13-21(14,16)18-11-6-8-12(9-7-11)20-22(15,17)19-10-4-2-1-3-5-10/h1-9H. The zero-order valence-corrected chi connectivity index (χ0v) is 14.8. The van der Waals surface area contributed by atoms with E-state index in [4.69, 9.17) is 47.3 Å². The average Bonchev–Trinajstić information content (AvgIpc) is 2.39. The molecule has 2 rings (SSSR count). The van der Waals surface area contributed by atoms with Crippen molar-refractivity contribution in [2.75, 3.05) is 0 Å². The Morgan fingerprint density at radius 2 is 1.05 bits per heavy atom. The van der Waals surface area contributed by atoms with Crippen LogP contribution in [0.1, 0.15) is 0 Å². The van der Waals surface area contributed by atoms with Crippen molar-refractivity contribution in [3.63, 3.8) is 0 Å². The fourth-order valence-corrected chi connectivity index (χ4v) is 3.54. The summed E-state index contributed by atoms with van der Waals surface area (Å²) in [6, 6.07) is 13.9. The second-order valence-corrected chi connectivity index (χ2v) is 10.6. The zero-order valence-electron chi connectivity index (χ0n) is 10.8. The molecule has 5 nitrogen and oxygen atoms in total. The lowest BCUT2D eigenvalue weighted by molar-refractivity contribution is 0.406. The van der Waals surface area contributed by atoms with Crippen LogP contribution < -0.4 is 13.6 Å². The molecule has 1 unspecified atom stereocenters. The first-order valence-corrected chi connectivity index (χ1v) is 11.6. The molecule has 0 amide bonds. The maximum absolute atomic E-state index is 12.1. The molecule has 0 N–H and O–H groups in total. The van der Waals surface area contributed by atoms with Crippen molar-refractivity contribution >= 4 is 46.7 Å². The number of hydrogen-bond acceptors (Lipinski definition) is 5. The molecular formula is C12H9Cl3O5P2. The molecule has 0 radical (unpaired) electrons. The minimum absolute atomic E-state index is 0.161. The fourth-order valence-electron chi connectivity index (χ4n) is 1.44.